The first-order valence-corrected chi connectivity index (χ1v) is 17.7. The fourth-order valence-corrected chi connectivity index (χ4v) is 7.16. The van der Waals surface area contributed by atoms with Crippen molar-refractivity contribution in [3.63, 3.8) is 0 Å². The van der Waals surface area contributed by atoms with Gasteiger partial charge >= 0.3 is 0 Å². The van der Waals surface area contributed by atoms with Crippen molar-refractivity contribution >= 4 is 29.2 Å². The van der Waals surface area contributed by atoms with Crippen molar-refractivity contribution in [3.8, 4) is 22.3 Å². The van der Waals surface area contributed by atoms with Crippen LogP contribution >= 0.6 is 11.6 Å². The molecule has 2 amide bonds. The van der Waals surface area contributed by atoms with E-state index in [9.17, 15) is 14.0 Å². The number of aromatic nitrogens is 3. The van der Waals surface area contributed by atoms with Gasteiger partial charge in [-0.15, -0.1) is 0 Å². The van der Waals surface area contributed by atoms with Gasteiger partial charge in [0.15, 0.2) is 0 Å². The van der Waals surface area contributed by atoms with Crippen molar-refractivity contribution in [3.05, 3.63) is 131 Å². The Bertz CT molecular complexity index is 1970. The number of piperidine rings is 2. The van der Waals surface area contributed by atoms with Crippen molar-refractivity contribution in [2.45, 2.75) is 44.3 Å². The van der Waals surface area contributed by atoms with E-state index in [0.717, 1.165) is 80.9 Å². The van der Waals surface area contributed by atoms with E-state index in [2.05, 4.69) is 42.5 Å². The summed E-state index contributed by atoms with van der Waals surface area (Å²) in [7, 11) is 0. The summed E-state index contributed by atoms with van der Waals surface area (Å²) < 4.78 is 14.5. The van der Waals surface area contributed by atoms with Crippen molar-refractivity contribution in [2.75, 3.05) is 31.1 Å². The maximum absolute atomic E-state index is 14.5. The molecule has 5 aromatic rings. The van der Waals surface area contributed by atoms with Crippen LogP contribution in [0.2, 0.25) is 5.02 Å². The van der Waals surface area contributed by atoms with Crippen LogP contribution in [0.1, 0.15) is 52.0 Å². The molecule has 2 aromatic carbocycles. The van der Waals surface area contributed by atoms with Crippen LogP contribution in [0.4, 0.5) is 10.2 Å². The number of rotatable bonds is 9. The van der Waals surface area contributed by atoms with Gasteiger partial charge in [0, 0.05) is 104 Å². The topological polar surface area (TPSA) is 103 Å². The van der Waals surface area contributed by atoms with Gasteiger partial charge in [0.25, 0.3) is 11.8 Å². The number of benzene rings is 2. The first-order valence-electron chi connectivity index (χ1n) is 17.3. The van der Waals surface area contributed by atoms with E-state index in [1.165, 1.54) is 12.1 Å². The van der Waals surface area contributed by atoms with E-state index >= 15 is 0 Å². The molecule has 2 aliphatic rings. The molecule has 2 aliphatic heterocycles. The summed E-state index contributed by atoms with van der Waals surface area (Å²) in [5, 5.41) is 6.75. The quantitative estimate of drug-likeness (QED) is 0.174. The minimum Gasteiger partial charge on any atom is -0.356 e. The number of pyridine rings is 3. The first-order chi connectivity index (χ1) is 24.9. The van der Waals surface area contributed by atoms with Gasteiger partial charge in [-0.3, -0.25) is 24.5 Å². The number of anilines is 1. The summed E-state index contributed by atoms with van der Waals surface area (Å²) in [6.45, 7) is 4.09. The molecule has 7 rings (SSSR count). The monoisotopic (exact) mass is 703 g/mol. The highest BCUT2D eigenvalue weighted by Gasteiger charge is 2.25. The van der Waals surface area contributed by atoms with E-state index in [1.807, 2.05) is 30.5 Å². The lowest BCUT2D eigenvalue weighted by atomic mass is 10.0. The maximum Gasteiger partial charge on any atom is 0.253 e. The van der Waals surface area contributed by atoms with Crippen LogP contribution in [0.25, 0.3) is 22.3 Å². The number of carbonyl (C=O) groups is 2. The fraction of sp³-hybridized carbons (Fsp3) is 0.275. The lowest BCUT2D eigenvalue weighted by Gasteiger charge is -2.34. The third-order valence-corrected chi connectivity index (χ3v) is 10.1. The first kappa shape index (κ1) is 34.3. The Hall–Kier alpha value is -5.19. The molecule has 0 aliphatic carbocycles. The Morgan fingerprint density at radius 1 is 0.745 bits per heavy atom. The van der Waals surface area contributed by atoms with Crippen LogP contribution in [-0.2, 0) is 6.54 Å². The third-order valence-electron chi connectivity index (χ3n) is 9.71. The van der Waals surface area contributed by atoms with E-state index in [1.54, 1.807) is 49.1 Å². The Labute approximate surface area is 301 Å². The second-order valence-electron chi connectivity index (χ2n) is 13.1. The summed E-state index contributed by atoms with van der Waals surface area (Å²) in [4.78, 5) is 43.9. The van der Waals surface area contributed by atoms with Gasteiger partial charge in [-0.25, -0.2) is 9.37 Å². The zero-order chi connectivity index (χ0) is 35.2. The van der Waals surface area contributed by atoms with Crippen molar-refractivity contribution in [2.24, 2.45) is 0 Å². The summed E-state index contributed by atoms with van der Waals surface area (Å²) >= 11 is 6.67. The summed E-state index contributed by atoms with van der Waals surface area (Å²) in [5.74, 6) is 0.193. The summed E-state index contributed by atoms with van der Waals surface area (Å²) in [5.41, 5.74) is 4.70. The van der Waals surface area contributed by atoms with Crippen LogP contribution in [0, 0.1) is 5.82 Å². The van der Waals surface area contributed by atoms with Crippen LogP contribution in [0.5, 0.6) is 0 Å². The molecule has 3 aromatic heterocycles. The summed E-state index contributed by atoms with van der Waals surface area (Å²) in [6.07, 6.45) is 11.9. The molecule has 260 valence electrons. The molecule has 0 spiro atoms. The highest BCUT2D eigenvalue weighted by molar-refractivity contribution is 6.36. The predicted octanol–water partition coefficient (Wildman–Crippen LogP) is 6.79. The van der Waals surface area contributed by atoms with Crippen molar-refractivity contribution < 1.29 is 14.0 Å². The van der Waals surface area contributed by atoms with Crippen molar-refractivity contribution in [1.29, 1.82) is 0 Å². The highest BCUT2D eigenvalue weighted by Crippen LogP contribution is 2.31. The lowest BCUT2D eigenvalue weighted by Crippen LogP contribution is -2.45. The minimum absolute atomic E-state index is 0.0545. The highest BCUT2D eigenvalue weighted by atomic mass is 35.5. The van der Waals surface area contributed by atoms with Gasteiger partial charge in [-0.2, -0.15) is 0 Å². The van der Waals surface area contributed by atoms with Gasteiger partial charge in [0.05, 0.1) is 10.6 Å². The molecule has 2 N–H and O–H groups in total. The molecule has 11 heteroatoms. The number of nitrogens with one attached hydrogen (secondary N) is 2. The Morgan fingerprint density at radius 2 is 1.41 bits per heavy atom. The maximum atomic E-state index is 14.5. The van der Waals surface area contributed by atoms with Gasteiger partial charge in [0.2, 0.25) is 0 Å². The molecule has 0 atom stereocenters. The van der Waals surface area contributed by atoms with Gasteiger partial charge < -0.3 is 15.5 Å². The van der Waals surface area contributed by atoms with Crippen molar-refractivity contribution in [1.82, 2.24) is 30.5 Å². The Kier molecular flexibility index (Phi) is 10.6. The molecule has 5 heterocycles. The molecule has 0 unspecified atom stereocenters. The number of nitrogens with zero attached hydrogens (tertiary/aromatic N) is 5. The fourth-order valence-electron chi connectivity index (χ4n) is 6.84. The van der Waals surface area contributed by atoms with E-state index in [0.29, 0.717) is 27.3 Å². The average Bonchev–Trinajstić information content (AvgIpc) is 3.17. The van der Waals surface area contributed by atoms with Crippen LogP contribution < -0.4 is 15.5 Å². The smallest absolute Gasteiger partial charge is 0.253 e. The van der Waals surface area contributed by atoms with E-state index in [-0.39, 0.29) is 29.7 Å². The molecule has 51 heavy (non-hydrogen) atoms. The molecular weight excluding hydrogens is 665 g/mol. The number of carbonyl (C=O) groups excluding carboxylic acids is 2. The zero-order valence-electron chi connectivity index (χ0n) is 28.1. The number of hydrogen-bond donors (Lipinski definition) is 2. The molecule has 0 radical (unpaired) electrons. The molecule has 0 saturated carbocycles. The molecule has 2 saturated heterocycles. The van der Waals surface area contributed by atoms with Crippen LogP contribution in [0.15, 0.2) is 104 Å². The van der Waals surface area contributed by atoms with Gasteiger partial charge in [0.1, 0.15) is 11.6 Å². The molecule has 2 fully saturated rings. The standard InChI is InChI=1S/C40H39ClFN7O2/c41-38-33(29-4-2-16-43-24-29)6-1-7-34(38)40(51)47-32-14-20-49(21-15-32)37-11-8-27(23-45-37)26-48-18-12-31(13-19-48)46-39(50)28-9-10-36(42)35(22-28)30-5-3-17-44-25-30/h1-11,16-17,22-25,31-32H,12-15,18-21,26H2,(H,46,50)(H,47,51). The number of hydrogen-bond acceptors (Lipinski definition) is 7. The number of halogens is 2. The zero-order valence-corrected chi connectivity index (χ0v) is 28.9. The SMILES string of the molecule is O=C(NC1CCN(Cc2ccc(N3CCC(NC(=O)c4cccc(-c5cccnc5)c4Cl)CC3)nc2)CC1)c1ccc(F)c(-c2cccnc2)c1. The molecular formula is C40H39ClFN7O2. The Balaban J connectivity index is 0.856. The third kappa shape index (κ3) is 8.24. The number of amides is 2. The Morgan fingerprint density at radius 3 is 2.06 bits per heavy atom. The molecule has 0 bridgehead atoms. The second kappa shape index (κ2) is 15.8. The lowest BCUT2D eigenvalue weighted by molar-refractivity contribution is 0.0906. The molecule has 9 nitrogen and oxygen atoms in total. The van der Waals surface area contributed by atoms with Crippen LogP contribution in [0.3, 0.4) is 0 Å². The van der Waals surface area contributed by atoms with Crippen LogP contribution in [-0.4, -0.2) is 69.9 Å². The van der Waals surface area contributed by atoms with Gasteiger partial charge in [-0.05, 0) is 73.7 Å². The van der Waals surface area contributed by atoms with Gasteiger partial charge in [-0.1, -0.05) is 41.9 Å². The largest absolute Gasteiger partial charge is 0.356 e. The predicted molar refractivity (Wildman–Crippen MR) is 197 cm³/mol. The summed E-state index contributed by atoms with van der Waals surface area (Å²) in [6, 6.07) is 21.6. The minimum atomic E-state index is -0.382. The van der Waals surface area contributed by atoms with E-state index in [4.69, 9.17) is 16.6 Å². The van der Waals surface area contributed by atoms with E-state index < -0.39 is 0 Å². The average molecular weight is 704 g/mol. The normalized spacial score (nSPS) is 15.8. The number of likely N-dealkylation sites (tertiary alicyclic amines) is 1. The second-order valence-corrected chi connectivity index (χ2v) is 13.5.